The number of pyridine rings is 1. The number of halogens is 1. The molecule has 1 aromatic rings. The van der Waals surface area contributed by atoms with Crippen LogP contribution in [0.2, 0.25) is 0 Å². The van der Waals surface area contributed by atoms with Gasteiger partial charge in [0.1, 0.15) is 0 Å². The Kier molecular flexibility index (Phi) is 5.03. The zero-order chi connectivity index (χ0) is 13.8. The Labute approximate surface area is 114 Å². The van der Waals surface area contributed by atoms with E-state index in [0.717, 1.165) is 12.8 Å². The molecule has 0 aliphatic heterocycles. The van der Waals surface area contributed by atoms with Gasteiger partial charge < -0.3 is 11.1 Å². The maximum absolute atomic E-state index is 10.9. The Morgan fingerprint density at radius 1 is 1.56 bits per heavy atom. The molecular formula is C11H17BrN4O2. The van der Waals surface area contributed by atoms with E-state index in [1.54, 1.807) is 0 Å². The summed E-state index contributed by atoms with van der Waals surface area (Å²) in [4.78, 5) is 14.5. The van der Waals surface area contributed by atoms with Crippen molar-refractivity contribution in [2.75, 3.05) is 11.9 Å². The Balaban J connectivity index is 2.88. The lowest BCUT2D eigenvalue weighted by Crippen LogP contribution is -2.45. The second-order valence-corrected chi connectivity index (χ2v) is 5.12. The first-order valence-electron chi connectivity index (χ1n) is 5.74. The van der Waals surface area contributed by atoms with E-state index in [2.05, 4.69) is 26.2 Å². The first-order valence-corrected chi connectivity index (χ1v) is 6.54. The molecule has 100 valence electrons. The molecule has 1 rings (SSSR count). The monoisotopic (exact) mass is 316 g/mol. The molecule has 0 aromatic carbocycles. The van der Waals surface area contributed by atoms with Gasteiger partial charge in [-0.25, -0.2) is 4.98 Å². The van der Waals surface area contributed by atoms with Crippen molar-refractivity contribution in [2.45, 2.75) is 32.2 Å². The zero-order valence-corrected chi connectivity index (χ0v) is 12.0. The standard InChI is InChI=1S/C11H17BrN4O2/c1-3-11(13,4-2)7-15-10-9(16(17)18)5-8(12)6-14-10/h5-6H,3-4,7,13H2,1-2H3,(H,14,15). The van der Waals surface area contributed by atoms with Crippen LogP contribution >= 0.6 is 15.9 Å². The molecule has 0 bridgehead atoms. The molecule has 0 unspecified atom stereocenters. The molecule has 0 aliphatic carbocycles. The highest BCUT2D eigenvalue weighted by atomic mass is 79.9. The molecule has 0 spiro atoms. The van der Waals surface area contributed by atoms with Gasteiger partial charge in [0.05, 0.1) is 4.92 Å². The van der Waals surface area contributed by atoms with E-state index in [4.69, 9.17) is 5.73 Å². The van der Waals surface area contributed by atoms with Crippen LogP contribution in [0, 0.1) is 10.1 Å². The van der Waals surface area contributed by atoms with E-state index in [1.165, 1.54) is 12.3 Å². The Bertz CT molecular complexity index is 435. The van der Waals surface area contributed by atoms with Crippen LogP contribution in [-0.2, 0) is 0 Å². The summed E-state index contributed by atoms with van der Waals surface area (Å²) in [6.07, 6.45) is 3.10. The van der Waals surface area contributed by atoms with Crippen molar-refractivity contribution >= 4 is 27.4 Å². The quantitative estimate of drug-likeness (QED) is 0.621. The Morgan fingerprint density at radius 2 is 2.17 bits per heavy atom. The molecule has 18 heavy (non-hydrogen) atoms. The van der Waals surface area contributed by atoms with Gasteiger partial charge in [0.25, 0.3) is 0 Å². The van der Waals surface area contributed by atoms with Gasteiger partial charge in [-0.15, -0.1) is 0 Å². The summed E-state index contributed by atoms with van der Waals surface area (Å²) in [6, 6.07) is 1.42. The molecular weight excluding hydrogens is 300 g/mol. The zero-order valence-electron chi connectivity index (χ0n) is 10.4. The van der Waals surface area contributed by atoms with Gasteiger partial charge in [0.15, 0.2) is 0 Å². The van der Waals surface area contributed by atoms with E-state index < -0.39 is 4.92 Å². The van der Waals surface area contributed by atoms with Crippen molar-refractivity contribution in [3.63, 3.8) is 0 Å². The molecule has 1 aromatic heterocycles. The third kappa shape index (κ3) is 3.64. The Morgan fingerprint density at radius 3 is 2.67 bits per heavy atom. The molecule has 7 heteroatoms. The lowest BCUT2D eigenvalue weighted by atomic mass is 9.94. The van der Waals surface area contributed by atoms with Crippen molar-refractivity contribution < 1.29 is 4.92 Å². The molecule has 0 radical (unpaired) electrons. The third-order valence-corrected chi connectivity index (χ3v) is 3.48. The summed E-state index contributed by atoms with van der Waals surface area (Å²) in [7, 11) is 0. The first-order chi connectivity index (χ1) is 8.41. The summed E-state index contributed by atoms with van der Waals surface area (Å²) in [5, 5.41) is 13.9. The number of anilines is 1. The fourth-order valence-electron chi connectivity index (χ4n) is 1.46. The smallest absolute Gasteiger partial charge is 0.312 e. The van der Waals surface area contributed by atoms with Crippen LogP contribution in [0.25, 0.3) is 0 Å². The van der Waals surface area contributed by atoms with Gasteiger partial charge in [-0.1, -0.05) is 13.8 Å². The molecule has 0 aliphatic rings. The molecule has 3 N–H and O–H groups in total. The second-order valence-electron chi connectivity index (χ2n) is 4.20. The molecule has 0 amide bonds. The maximum atomic E-state index is 10.9. The van der Waals surface area contributed by atoms with Gasteiger partial charge >= 0.3 is 5.69 Å². The normalized spacial score (nSPS) is 11.3. The van der Waals surface area contributed by atoms with E-state index in [0.29, 0.717) is 11.0 Å². The van der Waals surface area contributed by atoms with Gasteiger partial charge in [-0.05, 0) is 28.8 Å². The van der Waals surface area contributed by atoms with E-state index in [1.807, 2.05) is 13.8 Å². The third-order valence-electron chi connectivity index (χ3n) is 3.05. The Hall–Kier alpha value is -1.21. The summed E-state index contributed by atoms with van der Waals surface area (Å²) in [5.41, 5.74) is 5.70. The first kappa shape index (κ1) is 14.8. The van der Waals surface area contributed by atoms with E-state index in [9.17, 15) is 10.1 Å². The van der Waals surface area contributed by atoms with Crippen LogP contribution in [-0.4, -0.2) is 22.0 Å². The topological polar surface area (TPSA) is 94.1 Å². The van der Waals surface area contributed by atoms with Gasteiger partial charge in [-0.2, -0.15) is 0 Å². The predicted octanol–water partition coefficient (Wildman–Crippen LogP) is 2.68. The lowest BCUT2D eigenvalue weighted by molar-refractivity contribution is -0.384. The number of nitrogens with one attached hydrogen (secondary N) is 1. The number of hydrogen-bond acceptors (Lipinski definition) is 5. The fraction of sp³-hybridized carbons (Fsp3) is 0.545. The highest BCUT2D eigenvalue weighted by Crippen LogP contribution is 2.26. The largest absolute Gasteiger partial charge is 0.362 e. The number of nitro groups is 1. The number of rotatable bonds is 6. The molecule has 0 saturated heterocycles. The molecule has 0 saturated carbocycles. The van der Waals surface area contributed by atoms with Gasteiger partial charge in [-0.3, -0.25) is 10.1 Å². The maximum Gasteiger partial charge on any atom is 0.312 e. The number of hydrogen-bond donors (Lipinski definition) is 2. The molecule has 0 atom stereocenters. The second kappa shape index (κ2) is 6.10. The average molecular weight is 317 g/mol. The van der Waals surface area contributed by atoms with Crippen LogP contribution in [0.1, 0.15) is 26.7 Å². The predicted molar refractivity (Wildman–Crippen MR) is 74.6 cm³/mol. The average Bonchev–Trinajstić information content (AvgIpc) is 2.36. The number of aromatic nitrogens is 1. The summed E-state index contributed by atoms with van der Waals surface area (Å²) < 4.78 is 0.574. The minimum atomic E-state index is -0.462. The van der Waals surface area contributed by atoms with Crippen LogP contribution in [0.15, 0.2) is 16.7 Å². The van der Waals surface area contributed by atoms with E-state index in [-0.39, 0.29) is 17.0 Å². The molecule has 1 heterocycles. The summed E-state index contributed by atoms with van der Waals surface area (Å²) in [6.45, 7) is 4.44. The van der Waals surface area contributed by atoms with Gasteiger partial charge in [0, 0.05) is 28.8 Å². The fourth-order valence-corrected chi connectivity index (χ4v) is 1.78. The summed E-state index contributed by atoms with van der Waals surface area (Å²) in [5.74, 6) is 0.250. The molecule has 6 nitrogen and oxygen atoms in total. The number of nitrogens with zero attached hydrogens (tertiary/aromatic N) is 2. The minimum Gasteiger partial charge on any atom is -0.362 e. The van der Waals surface area contributed by atoms with Crippen LogP contribution < -0.4 is 11.1 Å². The summed E-state index contributed by atoms with van der Waals surface area (Å²) >= 11 is 3.16. The number of nitrogens with two attached hydrogens (primary N) is 1. The van der Waals surface area contributed by atoms with Crippen molar-refractivity contribution in [1.82, 2.24) is 4.98 Å². The molecule has 0 fully saturated rings. The highest BCUT2D eigenvalue weighted by Gasteiger charge is 2.22. The van der Waals surface area contributed by atoms with Crippen molar-refractivity contribution in [1.29, 1.82) is 0 Å². The highest BCUT2D eigenvalue weighted by molar-refractivity contribution is 9.10. The van der Waals surface area contributed by atoms with E-state index >= 15 is 0 Å². The van der Waals surface area contributed by atoms with Crippen molar-refractivity contribution in [2.24, 2.45) is 5.73 Å². The SMILES string of the molecule is CCC(N)(CC)CNc1ncc(Br)cc1[N+](=O)[O-]. The van der Waals surface area contributed by atoms with Crippen molar-refractivity contribution in [3.05, 3.63) is 26.9 Å². The van der Waals surface area contributed by atoms with Crippen molar-refractivity contribution in [3.8, 4) is 0 Å². The lowest BCUT2D eigenvalue weighted by Gasteiger charge is -2.26. The van der Waals surface area contributed by atoms with Crippen LogP contribution in [0.5, 0.6) is 0 Å². The van der Waals surface area contributed by atoms with Crippen LogP contribution in [0.3, 0.4) is 0 Å². The minimum absolute atomic E-state index is 0.0565. The van der Waals surface area contributed by atoms with Crippen LogP contribution in [0.4, 0.5) is 11.5 Å². The van der Waals surface area contributed by atoms with Gasteiger partial charge in [0.2, 0.25) is 5.82 Å².